The Labute approximate surface area is 248 Å². The highest BCUT2D eigenvalue weighted by Gasteiger charge is 2.66. The number of ether oxygens (including phenoxy) is 1. The molecule has 10 nitrogen and oxygen atoms in total. The fraction of sp³-hybridized carbons (Fsp3) is 0.345. The minimum atomic E-state index is -4.42. The van der Waals surface area contributed by atoms with E-state index in [2.05, 4.69) is 25.8 Å². The van der Waals surface area contributed by atoms with Crippen LogP contribution in [0.15, 0.2) is 64.0 Å². The SMILES string of the molecule is C[C@H]1CN(c2sc(C3(C(F)(F)F)CC3)nc2-c2nnc(N[C@H]3N=C(c4ccccc4)c4ccccc4NC3=O)o2)CCO1. The maximum Gasteiger partial charge on any atom is 0.400 e. The summed E-state index contributed by atoms with van der Waals surface area (Å²) >= 11 is 1.00. The van der Waals surface area contributed by atoms with Gasteiger partial charge in [-0.25, -0.2) is 9.98 Å². The Balaban J connectivity index is 1.23. The molecule has 0 bridgehead atoms. The molecule has 2 N–H and O–H groups in total. The van der Waals surface area contributed by atoms with Gasteiger partial charge in [-0.3, -0.25) is 4.79 Å². The van der Waals surface area contributed by atoms with Gasteiger partial charge in [-0.05, 0) is 25.8 Å². The van der Waals surface area contributed by atoms with E-state index in [9.17, 15) is 18.0 Å². The lowest BCUT2D eigenvalue weighted by Gasteiger charge is -2.31. The summed E-state index contributed by atoms with van der Waals surface area (Å²) in [5.74, 6) is -0.500. The molecule has 0 spiro atoms. The van der Waals surface area contributed by atoms with E-state index in [4.69, 9.17) is 14.1 Å². The topological polar surface area (TPSA) is 118 Å². The van der Waals surface area contributed by atoms with Crippen molar-refractivity contribution in [3.63, 3.8) is 0 Å². The van der Waals surface area contributed by atoms with Crippen molar-refractivity contribution in [3.8, 4) is 11.6 Å². The fourth-order valence-electron chi connectivity index (χ4n) is 5.29. The molecule has 2 aliphatic heterocycles. The third-order valence-electron chi connectivity index (χ3n) is 7.72. The lowest BCUT2D eigenvalue weighted by Crippen LogP contribution is -2.40. The average Bonchev–Trinajstić information content (AvgIpc) is 3.54. The Bertz CT molecular complexity index is 1700. The molecule has 4 aromatic rings. The molecular formula is C29H26F3N7O3S. The minimum absolute atomic E-state index is 0.0139. The van der Waals surface area contributed by atoms with Crippen LogP contribution in [0.3, 0.4) is 0 Å². The van der Waals surface area contributed by atoms with Gasteiger partial charge in [0.15, 0.2) is 5.69 Å². The third-order valence-corrected chi connectivity index (χ3v) is 9.04. The first-order valence-corrected chi connectivity index (χ1v) is 14.6. The first kappa shape index (κ1) is 27.5. The minimum Gasteiger partial charge on any atom is -0.402 e. The zero-order valence-electron chi connectivity index (χ0n) is 22.9. The highest BCUT2D eigenvalue weighted by molar-refractivity contribution is 7.16. The normalized spacial score (nSPS) is 21.4. The number of carbonyl (C=O) groups is 1. The number of alkyl halides is 3. The molecular weight excluding hydrogens is 583 g/mol. The molecule has 222 valence electrons. The van der Waals surface area contributed by atoms with Crippen molar-refractivity contribution in [3.05, 3.63) is 70.7 Å². The molecule has 43 heavy (non-hydrogen) atoms. The zero-order valence-corrected chi connectivity index (χ0v) is 23.7. The number of aromatic nitrogens is 3. The van der Waals surface area contributed by atoms with Crippen molar-refractivity contribution < 1.29 is 27.1 Å². The third kappa shape index (κ3) is 5.03. The first-order chi connectivity index (χ1) is 20.7. The van der Waals surface area contributed by atoms with Gasteiger partial charge in [0.25, 0.3) is 11.8 Å². The lowest BCUT2D eigenvalue weighted by atomic mass is 10.0. The van der Waals surface area contributed by atoms with E-state index >= 15 is 0 Å². The van der Waals surface area contributed by atoms with Crippen LogP contribution in [0.5, 0.6) is 0 Å². The molecule has 1 saturated carbocycles. The second-order valence-electron chi connectivity index (χ2n) is 10.7. The number of anilines is 3. The molecule has 0 unspecified atom stereocenters. The zero-order chi connectivity index (χ0) is 29.8. The van der Waals surface area contributed by atoms with Crippen LogP contribution >= 0.6 is 11.3 Å². The number of benzene rings is 2. The number of hydrogen-bond acceptors (Lipinski definition) is 10. The summed E-state index contributed by atoms with van der Waals surface area (Å²) in [6.45, 7) is 3.29. The van der Waals surface area contributed by atoms with E-state index in [0.717, 1.165) is 22.5 Å². The number of amides is 1. The Hall–Kier alpha value is -4.30. The molecule has 14 heteroatoms. The number of nitrogens with zero attached hydrogens (tertiary/aromatic N) is 5. The summed E-state index contributed by atoms with van der Waals surface area (Å²) in [4.78, 5) is 24.3. The van der Waals surface area contributed by atoms with Gasteiger partial charge < -0.3 is 24.7 Å². The Kier molecular flexibility index (Phi) is 6.69. The van der Waals surface area contributed by atoms with Gasteiger partial charge in [0.1, 0.15) is 15.4 Å². The molecule has 2 aromatic carbocycles. The summed E-state index contributed by atoms with van der Waals surface area (Å²) in [5.41, 5.74) is 0.958. The molecule has 1 amide bonds. The molecule has 4 heterocycles. The highest BCUT2D eigenvalue weighted by Crippen LogP contribution is 2.61. The van der Waals surface area contributed by atoms with Crippen molar-refractivity contribution in [2.24, 2.45) is 4.99 Å². The van der Waals surface area contributed by atoms with Gasteiger partial charge in [-0.1, -0.05) is 65.0 Å². The fourth-order valence-corrected chi connectivity index (χ4v) is 6.65. The first-order valence-electron chi connectivity index (χ1n) is 13.8. The van der Waals surface area contributed by atoms with E-state index in [0.29, 0.717) is 36.1 Å². The summed E-state index contributed by atoms with van der Waals surface area (Å²) in [5, 5.41) is 14.5. The standard InChI is InChI=1S/C29H26F3N7O3S/c1-16-15-39(13-14-41-16)25-21(35-26(43-25)28(11-12-28)29(30,31)32)24-37-38-27(42-24)36-22-23(40)33-19-10-6-5-9-18(19)20(34-22)17-7-3-2-4-8-17/h2-10,16,22H,11-15H2,1H3,(H,33,40)(H,36,38)/t16-,22+/m0/s1. The van der Waals surface area contributed by atoms with E-state index < -0.39 is 23.7 Å². The smallest absolute Gasteiger partial charge is 0.400 e. The summed E-state index contributed by atoms with van der Waals surface area (Å²) in [6, 6.07) is 16.7. The highest BCUT2D eigenvalue weighted by atomic mass is 32.1. The van der Waals surface area contributed by atoms with Gasteiger partial charge in [-0.2, -0.15) is 13.2 Å². The van der Waals surface area contributed by atoms with Crippen molar-refractivity contribution in [1.29, 1.82) is 0 Å². The number of para-hydroxylation sites is 1. The van der Waals surface area contributed by atoms with Crippen LogP contribution < -0.4 is 15.5 Å². The van der Waals surface area contributed by atoms with Crippen molar-refractivity contribution >= 4 is 39.7 Å². The second-order valence-corrected chi connectivity index (χ2v) is 11.7. The predicted octanol–water partition coefficient (Wildman–Crippen LogP) is 5.24. The number of fused-ring (bicyclic) bond motifs is 1. The molecule has 7 rings (SSSR count). The summed E-state index contributed by atoms with van der Waals surface area (Å²) < 4.78 is 53.6. The Morgan fingerprint density at radius 3 is 2.60 bits per heavy atom. The number of benzodiazepines with no additional fused rings is 1. The van der Waals surface area contributed by atoms with Crippen molar-refractivity contribution in [2.75, 3.05) is 35.2 Å². The molecule has 2 fully saturated rings. The number of carbonyl (C=O) groups excluding carboxylic acids is 1. The van der Waals surface area contributed by atoms with Crippen LogP contribution in [0.1, 0.15) is 35.9 Å². The largest absolute Gasteiger partial charge is 0.402 e. The number of halogens is 3. The number of thiazole rings is 1. The number of hydrogen-bond donors (Lipinski definition) is 2. The van der Waals surface area contributed by atoms with Crippen LogP contribution in [-0.4, -0.2) is 64.9 Å². The Morgan fingerprint density at radius 2 is 1.86 bits per heavy atom. The molecule has 2 aromatic heterocycles. The monoisotopic (exact) mass is 609 g/mol. The molecule has 0 radical (unpaired) electrons. The maximum atomic E-state index is 14.0. The van der Waals surface area contributed by atoms with E-state index in [1.165, 1.54) is 0 Å². The predicted molar refractivity (Wildman–Crippen MR) is 155 cm³/mol. The van der Waals surface area contributed by atoms with E-state index in [1.54, 1.807) is 6.07 Å². The number of nitrogens with one attached hydrogen (secondary N) is 2. The van der Waals surface area contributed by atoms with E-state index in [-0.39, 0.29) is 41.6 Å². The van der Waals surface area contributed by atoms with Gasteiger partial charge >= 0.3 is 12.2 Å². The van der Waals surface area contributed by atoms with Gasteiger partial charge in [-0.15, -0.1) is 5.10 Å². The average molecular weight is 610 g/mol. The second kappa shape index (κ2) is 10.5. The quantitative estimate of drug-likeness (QED) is 0.305. The number of aliphatic imine (C=N–C) groups is 1. The molecule has 1 aliphatic carbocycles. The summed E-state index contributed by atoms with van der Waals surface area (Å²) in [7, 11) is 0. The van der Waals surface area contributed by atoms with Crippen LogP contribution in [0.2, 0.25) is 0 Å². The lowest BCUT2D eigenvalue weighted by molar-refractivity contribution is -0.160. The van der Waals surface area contributed by atoms with Crippen molar-refractivity contribution in [1.82, 2.24) is 15.2 Å². The molecule has 2 atom stereocenters. The number of rotatable bonds is 6. The van der Waals surface area contributed by atoms with Gasteiger partial charge in [0.2, 0.25) is 6.17 Å². The van der Waals surface area contributed by atoms with Crippen LogP contribution in [0.4, 0.5) is 29.9 Å². The van der Waals surface area contributed by atoms with Gasteiger partial charge in [0, 0.05) is 24.2 Å². The molecule has 1 saturated heterocycles. The Morgan fingerprint density at radius 1 is 1.09 bits per heavy atom. The van der Waals surface area contributed by atoms with E-state index in [1.807, 2.05) is 60.4 Å². The molecule has 3 aliphatic rings. The van der Waals surface area contributed by atoms with Crippen LogP contribution in [0, 0.1) is 0 Å². The van der Waals surface area contributed by atoms with Crippen LogP contribution in [0.25, 0.3) is 11.6 Å². The number of morpholine rings is 1. The van der Waals surface area contributed by atoms with Crippen molar-refractivity contribution in [2.45, 2.75) is 43.6 Å². The maximum absolute atomic E-state index is 14.0. The van der Waals surface area contributed by atoms with Gasteiger partial charge in [0.05, 0.1) is 24.1 Å². The summed E-state index contributed by atoms with van der Waals surface area (Å²) in [6.07, 6.45) is -5.70. The van der Waals surface area contributed by atoms with Crippen LogP contribution in [-0.2, 0) is 14.9 Å².